The standard InChI is InChI=1S/C50H29N3S2/c1-2-11-30(12-3-1)31-21-23-33(24-22-31)46-49-47(39-16-7-9-19-42(39)55-49)52-50(51-46)40-17-10-20-43-45(40)38-28-26-34(29-44(38)54-43)53-41-18-8-6-15-36(41)37-27-25-32-13-4-5-14-35(32)48(37)53/h1-29H. The summed E-state index contributed by atoms with van der Waals surface area (Å²) in [6, 6.07) is 63.5. The highest BCUT2D eigenvalue weighted by molar-refractivity contribution is 7.26. The molecule has 0 saturated carbocycles. The van der Waals surface area contributed by atoms with Crippen LogP contribution in [0.5, 0.6) is 0 Å². The number of benzene rings is 8. The number of para-hydroxylation sites is 1. The molecule has 0 bridgehead atoms. The zero-order chi connectivity index (χ0) is 36.0. The number of rotatable bonds is 4. The van der Waals surface area contributed by atoms with Crippen molar-refractivity contribution in [2.24, 2.45) is 0 Å². The van der Waals surface area contributed by atoms with Gasteiger partial charge in [-0.15, -0.1) is 22.7 Å². The van der Waals surface area contributed by atoms with Crippen LogP contribution in [0.25, 0.3) is 113 Å². The van der Waals surface area contributed by atoms with Crippen molar-refractivity contribution >= 4 is 95.7 Å². The Labute approximate surface area is 324 Å². The van der Waals surface area contributed by atoms with Crippen LogP contribution in [0.15, 0.2) is 176 Å². The largest absolute Gasteiger partial charge is 0.309 e. The Morgan fingerprint density at radius 1 is 0.436 bits per heavy atom. The Bertz CT molecular complexity index is 3480. The molecule has 0 aliphatic heterocycles. The zero-order valence-electron chi connectivity index (χ0n) is 29.4. The Balaban J connectivity index is 1.07. The van der Waals surface area contributed by atoms with E-state index in [4.69, 9.17) is 9.97 Å². The van der Waals surface area contributed by atoms with Crippen LogP contribution in [0.3, 0.4) is 0 Å². The van der Waals surface area contributed by atoms with Gasteiger partial charge < -0.3 is 4.57 Å². The molecule has 0 unspecified atom stereocenters. The van der Waals surface area contributed by atoms with E-state index in [0.717, 1.165) is 38.5 Å². The summed E-state index contributed by atoms with van der Waals surface area (Å²) in [5.41, 5.74) is 10.1. The average molecular weight is 736 g/mol. The van der Waals surface area contributed by atoms with Crippen molar-refractivity contribution < 1.29 is 0 Å². The average Bonchev–Trinajstić information content (AvgIpc) is 3.93. The molecule has 0 spiro atoms. The van der Waals surface area contributed by atoms with Gasteiger partial charge in [-0.05, 0) is 46.8 Å². The van der Waals surface area contributed by atoms with Crippen LogP contribution in [-0.2, 0) is 0 Å². The topological polar surface area (TPSA) is 30.7 Å². The summed E-state index contributed by atoms with van der Waals surface area (Å²) in [7, 11) is 0. The first-order chi connectivity index (χ1) is 27.3. The van der Waals surface area contributed by atoms with E-state index in [-0.39, 0.29) is 0 Å². The summed E-state index contributed by atoms with van der Waals surface area (Å²) in [4.78, 5) is 10.8. The lowest BCUT2D eigenvalue weighted by atomic mass is 10.0. The highest BCUT2D eigenvalue weighted by Gasteiger charge is 2.21. The maximum Gasteiger partial charge on any atom is 0.161 e. The van der Waals surface area contributed by atoms with Gasteiger partial charge in [-0.3, -0.25) is 0 Å². The molecular formula is C50H29N3S2. The van der Waals surface area contributed by atoms with Crippen LogP contribution < -0.4 is 0 Å². The van der Waals surface area contributed by atoms with Gasteiger partial charge in [0.2, 0.25) is 0 Å². The molecule has 4 heterocycles. The molecule has 0 N–H and O–H groups in total. The van der Waals surface area contributed by atoms with Gasteiger partial charge in [-0.2, -0.15) is 0 Å². The minimum atomic E-state index is 0.751. The fourth-order valence-electron chi connectivity index (χ4n) is 8.50. The molecule has 8 aromatic carbocycles. The fraction of sp³-hybridized carbons (Fsp3) is 0. The molecule has 55 heavy (non-hydrogen) atoms. The maximum atomic E-state index is 5.43. The number of nitrogens with zero attached hydrogens (tertiary/aromatic N) is 3. The molecule has 3 nitrogen and oxygen atoms in total. The van der Waals surface area contributed by atoms with E-state index in [0.29, 0.717) is 0 Å². The molecule has 12 aromatic rings. The number of aromatic nitrogens is 3. The summed E-state index contributed by atoms with van der Waals surface area (Å²) in [6.45, 7) is 0. The van der Waals surface area contributed by atoms with Crippen LogP contribution in [0.4, 0.5) is 0 Å². The highest BCUT2D eigenvalue weighted by atomic mass is 32.1. The van der Waals surface area contributed by atoms with Crippen LogP contribution in [-0.4, -0.2) is 14.5 Å². The van der Waals surface area contributed by atoms with E-state index >= 15 is 0 Å². The molecular weight excluding hydrogens is 707 g/mol. The molecule has 0 saturated heterocycles. The molecule has 256 valence electrons. The van der Waals surface area contributed by atoms with Gasteiger partial charge in [0, 0.05) is 63.2 Å². The first-order valence-corrected chi connectivity index (χ1v) is 20.1. The van der Waals surface area contributed by atoms with Crippen LogP contribution >= 0.6 is 22.7 Å². The molecule has 0 fully saturated rings. The Hall–Kier alpha value is -6.66. The van der Waals surface area contributed by atoms with Crippen molar-refractivity contribution in [3.05, 3.63) is 176 Å². The predicted molar refractivity (Wildman–Crippen MR) is 236 cm³/mol. The van der Waals surface area contributed by atoms with Gasteiger partial charge in [0.25, 0.3) is 0 Å². The maximum absolute atomic E-state index is 5.43. The Morgan fingerprint density at radius 2 is 1.15 bits per heavy atom. The minimum Gasteiger partial charge on any atom is -0.309 e. The van der Waals surface area contributed by atoms with E-state index in [2.05, 4.69) is 180 Å². The van der Waals surface area contributed by atoms with Gasteiger partial charge in [0.05, 0.1) is 26.9 Å². The lowest BCUT2D eigenvalue weighted by Crippen LogP contribution is -1.95. The molecule has 0 amide bonds. The smallest absolute Gasteiger partial charge is 0.161 e. The van der Waals surface area contributed by atoms with Crippen LogP contribution in [0.2, 0.25) is 0 Å². The van der Waals surface area contributed by atoms with Crippen molar-refractivity contribution in [2.45, 2.75) is 0 Å². The van der Waals surface area contributed by atoms with E-state index in [1.807, 2.05) is 11.3 Å². The summed E-state index contributed by atoms with van der Waals surface area (Å²) < 4.78 is 7.25. The van der Waals surface area contributed by atoms with Crippen molar-refractivity contribution in [1.29, 1.82) is 0 Å². The molecule has 0 atom stereocenters. The third-order valence-electron chi connectivity index (χ3n) is 11.0. The molecule has 0 aliphatic carbocycles. The summed E-state index contributed by atoms with van der Waals surface area (Å²) >= 11 is 3.61. The van der Waals surface area contributed by atoms with Crippen molar-refractivity contribution in [2.75, 3.05) is 0 Å². The molecule has 0 aliphatic rings. The van der Waals surface area contributed by atoms with Gasteiger partial charge in [0.15, 0.2) is 5.82 Å². The first kappa shape index (κ1) is 30.8. The number of hydrogen-bond donors (Lipinski definition) is 0. The molecule has 0 radical (unpaired) electrons. The van der Waals surface area contributed by atoms with Crippen molar-refractivity contribution in [1.82, 2.24) is 14.5 Å². The molecule has 4 aromatic heterocycles. The van der Waals surface area contributed by atoms with E-state index in [9.17, 15) is 0 Å². The second kappa shape index (κ2) is 11.9. The van der Waals surface area contributed by atoms with Crippen LogP contribution in [0.1, 0.15) is 0 Å². The first-order valence-electron chi connectivity index (χ1n) is 18.5. The summed E-state index contributed by atoms with van der Waals surface area (Å²) in [5.74, 6) is 0.751. The van der Waals surface area contributed by atoms with E-state index < -0.39 is 0 Å². The normalized spacial score (nSPS) is 12.0. The monoisotopic (exact) mass is 735 g/mol. The third kappa shape index (κ3) is 4.67. The van der Waals surface area contributed by atoms with Gasteiger partial charge in [-0.1, -0.05) is 146 Å². The van der Waals surface area contributed by atoms with Gasteiger partial charge in [-0.25, -0.2) is 9.97 Å². The number of thiophene rings is 2. The van der Waals surface area contributed by atoms with Gasteiger partial charge in [0.1, 0.15) is 0 Å². The second-order valence-electron chi connectivity index (χ2n) is 14.1. The quantitative estimate of drug-likeness (QED) is 0.180. The number of fused-ring (bicyclic) bond motifs is 11. The predicted octanol–water partition coefficient (Wildman–Crippen LogP) is 14.5. The Kier molecular flexibility index (Phi) is 6.67. The fourth-order valence-corrected chi connectivity index (χ4v) is 10.8. The molecule has 5 heteroatoms. The minimum absolute atomic E-state index is 0.751. The summed E-state index contributed by atoms with van der Waals surface area (Å²) in [6.07, 6.45) is 0. The van der Waals surface area contributed by atoms with Crippen molar-refractivity contribution in [3.8, 4) is 39.5 Å². The molecule has 12 rings (SSSR count). The zero-order valence-corrected chi connectivity index (χ0v) is 31.0. The van der Waals surface area contributed by atoms with E-state index in [1.54, 1.807) is 11.3 Å². The lowest BCUT2D eigenvalue weighted by molar-refractivity contribution is 1.19. The highest BCUT2D eigenvalue weighted by Crippen LogP contribution is 2.44. The van der Waals surface area contributed by atoms with E-state index in [1.165, 1.54) is 74.0 Å². The Morgan fingerprint density at radius 3 is 2.04 bits per heavy atom. The lowest BCUT2D eigenvalue weighted by Gasteiger charge is -2.11. The van der Waals surface area contributed by atoms with Crippen molar-refractivity contribution in [3.63, 3.8) is 0 Å². The van der Waals surface area contributed by atoms with Gasteiger partial charge >= 0.3 is 0 Å². The third-order valence-corrected chi connectivity index (χ3v) is 13.3. The SMILES string of the molecule is c1ccc(-c2ccc(-c3nc(-c4cccc5sc6cc(-n7c8ccccc8c8ccc9ccccc9c87)ccc6c45)nc4c3sc3ccccc34)cc2)cc1. The summed E-state index contributed by atoms with van der Waals surface area (Å²) in [5, 5.41) is 8.62. The second-order valence-corrected chi connectivity index (χ2v) is 16.2. The number of hydrogen-bond acceptors (Lipinski definition) is 4. The van der Waals surface area contributed by atoms with Crippen LogP contribution in [0, 0.1) is 0 Å².